The Hall–Kier alpha value is -2.95. The van der Waals surface area contributed by atoms with Crippen LogP contribution in [0.15, 0.2) is 47.5 Å². The predicted octanol–water partition coefficient (Wildman–Crippen LogP) is 2.09. The van der Waals surface area contributed by atoms with Gasteiger partial charge in [0, 0.05) is 30.7 Å². The number of nitrogens with zero attached hydrogens (tertiary/aromatic N) is 3. The average Bonchev–Trinajstić information content (AvgIpc) is 3.36. The van der Waals surface area contributed by atoms with Gasteiger partial charge in [-0.05, 0) is 44.2 Å². The summed E-state index contributed by atoms with van der Waals surface area (Å²) in [5.74, 6) is -0.427. The van der Waals surface area contributed by atoms with E-state index in [1.807, 2.05) is 38.1 Å². The van der Waals surface area contributed by atoms with Crippen LogP contribution in [0.1, 0.15) is 21.9 Å². The molecule has 2 aromatic heterocycles. The topological polar surface area (TPSA) is 109 Å². The third-order valence-electron chi connectivity index (χ3n) is 4.87. The van der Waals surface area contributed by atoms with Gasteiger partial charge in [-0.15, -0.1) is 0 Å². The first-order valence-electron chi connectivity index (χ1n) is 9.56. The Morgan fingerprint density at radius 1 is 1.17 bits per heavy atom. The maximum Gasteiger partial charge on any atom is 0.272 e. The van der Waals surface area contributed by atoms with Crippen molar-refractivity contribution in [2.75, 3.05) is 31.6 Å². The molecule has 3 heterocycles. The van der Waals surface area contributed by atoms with Crippen LogP contribution in [-0.2, 0) is 14.8 Å². The highest BCUT2D eigenvalue weighted by Crippen LogP contribution is 2.20. The summed E-state index contributed by atoms with van der Waals surface area (Å²) in [6.45, 7) is 5.21. The maximum absolute atomic E-state index is 12.7. The number of rotatable bonds is 5. The fourth-order valence-corrected chi connectivity index (χ4v) is 4.80. The molecule has 1 aliphatic heterocycles. The number of H-pyrrole nitrogens is 1. The van der Waals surface area contributed by atoms with Crippen LogP contribution < -0.4 is 5.32 Å². The van der Waals surface area contributed by atoms with E-state index in [-0.39, 0.29) is 10.6 Å². The van der Waals surface area contributed by atoms with E-state index in [1.165, 1.54) is 16.6 Å². The number of hydrogen-bond acceptors (Lipinski definition) is 5. The van der Waals surface area contributed by atoms with Gasteiger partial charge in [-0.1, -0.05) is 6.07 Å². The molecule has 2 N–H and O–H groups in total. The van der Waals surface area contributed by atoms with E-state index < -0.39 is 15.9 Å². The molecule has 30 heavy (non-hydrogen) atoms. The van der Waals surface area contributed by atoms with Gasteiger partial charge in [0.15, 0.2) is 0 Å². The highest BCUT2D eigenvalue weighted by molar-refractivity contribution is 7.89. The lowest BCUT2D eigenvalue weighted by atomic mass is 10.2. The summed E-state index contributed by atoms with van der Waals surface area (Å²) in [5.41, 5.74) is 3.46. The Kier molecular flexibility index (Phi) is 5.46. The summed E-state index contributed by atoms with van der Waals surface area (Å²) in [6.07, 6.45) is 1.34. The summed E-state index contributed by atoms with van der Waals surface area (Å²) in [7, 11) is -3.66. The number of anilines is 1. The van der Waals surface area contributed by atoms with Crippen LogP contribution in [0.4, 0.5) is 5.69 Å². The van der Waals surface area contributed by atoms with Gasteiger partial charge in [0.1, 0.15) is 10.6 Å². The fraction of sp³-hybridized carbons (Fsp3) is 0.300. The second kappa shape index (κ2) is 8.05. The molecule has 0 radical (unpaired) electrons. The van der Waals surface area contributed by atoms with Crippen molar-refractivity contribution in [1.29, 1.82) is 0 Å². The number of amides is 1. The number of aromatic nitrogens is 3. The van der Waals surface area contributed by atoms with E-state index in [9.17, 15) is 13.2 Å². The van der Waals surface area contributed by atoms with Gasteiger partial charge in [0.25, 0.3) is 5.91 Å². The zero-order valence-electron chi connectivity index (χ0n) is 16.8. The SMILES string of the molecule is Cc1cc(C)n(-c2cccc(NC(=O)c3cc(S(=O)(=O)N4CCOCC4)c[nH]3)c2)n1. The molecular weight excluding hydrogens is 406 g/mol. The molecule has 10 heteroatoms. The monoisotopic (exact) mass is 429 g/mol. The Morgan fingerprint density at radius 3 is 2.63 bits per heavy atom. The van der Waals surface area contributed by atoms with E-state index in [1.54, 1.807) is 10.7 Å². The molecule has 1 amide bonds. The Morgan fingerprint density at radius 2 is 1.93 bits per heavy atom. The summed E-state index contributed by atoms with van der Waals surface area (Å²) < 4.78 is 33.8. The first kappa shape index (κ1) is 20.3. The third kappa shape index (κ3) is 4.02. The van der Waals surface area contributed by atoms with E-state index in [2.05, 4.69) is 15.4 Å². The minimum atomic E-state index is -3.66. The molecule has 1 aliphatic rings. The minimum absolute atomic E-state index is 0.0611. The summed E-state index contributed by atoms with van der Waals surface area (Å²) >= 11 is 0. The van der Waals surface area contributed by atoms with Gasteiger partial charge in [-0.2, -0.15) is 9.40 Å². The molecule has 0 saturated carbocycles. The highest BCUT2D eigenvalue weighted by atomic mass is 32.2. The average molecular weight is 430 g/mol. The molecule has 1 saturated heterocycles. The molecule has 1 fully saturated rings. The Labute approximate surface area is 174 Å². The number of sulfonamides is 1. The third-order valence-corrected chi connectivity index (χ3v) is 6.74. The second-order valence-corrected chi connectivity index (χ2v) is 9.05. The summed E-state index contributed by atoms with van der Waals surface area (Å²) in [4.78, 5) is 15.5. The minimum Gasteiger partial charge on any atom is -0.379 e. The van der Waals surface area contributed by atoms with Crippen molar-refractivity contribution >= 4 is 21.6 Å². The van der Waals surface area contributed by atoms with Crippen LogP contribution in [0.5, 0.6) is 0 Å². The van der Waals surface area contributed by atoms with Gasteiger partial charge in [0.05, 0.1) is 24.6 Å². The number of morpholine rings is 1. The van der Waals surface area contributed by atoms with Crippen molar-refractivity contribution in [1.82, 2.24) is 19.1 Å². The number of benzene rings is 1. The van der Waals surface area contributed by atoms with E-state index in [0.717, 1.165) is 17.1 Å². The van der Waals surface area contributed by atoms with Crippen LogP contribution >= 0.6 is 0 Å². The normalized spacial score (nSPS) is 15.3. The molecule has 0 unspecified atom stereocenters. The van der Waals surface area contributed by atoms with Gasteiger partial charge in [0.2, 0.25) is 10.0 Å². The van der Waals surface area contributed by atoms with Crippen LogP contribution in [0.25, 0.3) is 5.69 Å². The Balaban J connectivity index is 1.51. The number of nitrogens with one attached hydrogen (secondary N) is 2. The van der Waals surface area contributed by atoms with Crippen LogP contribution in [0.2, 0.25) is 0 Å². The van der Waals surface area contributed by atoms with Gasteiger partial charge in [-0.25, -0.2) is 13.1 Å². The molecule has 158 valence electrons. The van der Waals surface area contributed by atoms with Gasteiger partial charge < -0.3 is 15.0 Å². The molecule has 0 spiro atoms. The van der Waals surface area contributed by atoms with Crippen LogP contribution in [0, 0.1) is 13.8 Å². The number of carbonyl (C=O) groups excluding carboxylic acids is 1. The van der Waals surface area contributed by atoms with Gasteiger partial charge >= 0.3 is 0 Å². The maximum atomic E-state index is 12.7. The molecule has 0 aliphatic carbocycles. The quantitative estimate of drug-likeness (QED) is 0.645. The van der Waals surface area contributed by atoms with Gasteiger partial charge in [-0.3, -0.25) is 4.79 Å². The lowest BCUT2D eigenvalue weighted by Crippen LogP contribution is -2.40. The van der Waals surface area contributed by atoms with Crippen molar-refractivity contribution in [3.05, 3.63) is 59.7 Å². The molecule has 0 bridgehead atoms. The lowest BCUT2D eigenvalue weighted by molar-refractivity contribution is 0.0730. The van der Waals surface area contributed by atoms with E-state index in [0.29, 0.717) is 32.0 Å². The van der Waals surface area contributed by atoms with Crippen LogP contribution in [0.3, 0.4) is 0 Å². The molecule has 1 aromatic carbocycles. The number of aryl methyl sites for hydroxylation is 2. The number of carbonyl (C=O) groups is 1. The molecular formula is C20H23N5O4S. The summed E-state index contributed by atoms with van der Waals surface area (Å²) in [6, 6.07) is 10.6. The smallest absolute Gasteiger partial charge is 0.272 e. The molecule has 4 rings (SSSR count). The second-order valence-electron chi connectivity index (χ2n) is 7.11. The van der Waals surface area contributed by atoms with Crippen LogP contribution in [-0.4, -0.2) is 59.7 Å². The molecule has 3 aromatic rings. The lowest BCUT2D eigenvalue weighted by Gasteiger charge is -2.25. The predicted molar refractivity (Wildman–Crippen MR) is 111 cm³/mol. The number of ether oxygens (including phenoxy) is 1. The zero-order valence-corrected chi connectivity index (χ0v) is 17.6. The molecule has 0 atom stereocenters. The van der Waals surface area contributed by atoms with Crippen molar-refractivity contribution in [3.8, 4) is 5.69 Å². The van der Waals surface area contributed by atoms with Crippen molar-refractivity contribution < 1.29 is 17.9 Å². The number of aromatic amines is 1. The first-order valence-corrected chi connectivity index (χ1v) is 11.0. The van der Waals surface area contributed by atoms with Crippen molar-refractivity contribution in [3.63, 3.8) is 0 Å². The van der Waals surface area contributed by atoms with E-state index >= 15 is 0 Å². The summed E-state index contributed by atoms with van der Waals surface area (Å²) in [5, 5.41) is 7.25. The largest absolute Gasteiger partial charge is 0.379 e. The Bertz CT molecular complexity index is 1180. The fourth-order valence-electron chi connectivity index (χ4n) is 3.39. The van der Waals surface area contributed by atoms with E-state index in [4.69, 9.17) is 4.74 Å². The van der Waals surface area contributed by atoms with Crippen molar-refractivity contribution in [2.24, 2.45) is 0 Å². The first-order chi connectivity index (χ1) is 14.3. The highest BCUT2D eigenvalue weighted by Gasteiger charge is 2.28. The molecule has 9 nitrogen and oxygen atoms in total. The standard InChI is InChI=1S/C20H23N5O4S/c1-14-10-15(2)25(23-14)17-5-3-4-16(11-17)22-20(26)19-12-18(13-21-19)30(27,28)24-6-8-29-9-7-24/h3-5,10-13,21H,6-9H2,1-2H3,(H,22,26). The van der Waals surface area contributed by atoms with Crippen molar-refractivity contribution in [2.45, 2.75) is 18.7 Å². The zero-order chi connectivity index (χ0) is 21.3. The number of hydrogen-bond donors (Lipinski definition) is 2.